The summed E-state index contributed by atoms with van der Waals surface area (Å²) in [5.41, 5.74) is 2.11. The molecule has 0 aliphatic rings. The van der Waals surface area contributed by atoms with E-state index in [1.165, 1.54) is 23.3 Å². The van der Waals surface area contributed by atoms with Gasteiger partial charge in [-0.1, -0.05) is 30.3 Å². The molecule has 1 amide bonds. The van der Waals surface area contributed by atoms with E-state index in [2.05, 4.69) is 4.74 Å². The molecule has 0 fully saturated rings. The molecule has 0 atom stereocenters. The summed E-state index contributed by atoms with van der Waals surface area (Å²) >= 11 is 1.37. The van der Waals surface area contributed by atoms with E-state index in [0.717, 1.165) is 11.1 Å². The zero-order chi connectivity index (χ0) is 15.2. The SMILES string of the molecule is COC(=O)CN(Cc1ccccc1C)C(=O)c1cccs1. The maximum absolute atomic E-state index is 12.5. The molecule has 0 spiro atoms. The Morgan fingerprint density at radius 3 is 2.57 bits per heavy atom. The largest absolute Gasteiger partial charge is 0.468 e. The summed E-state index contributed by atoms with van der Waals surface area (Å²) in [6.07, 6.45) is 0. The van der Waals surface area contributed by atoms with E-state index in [1.54, 1.807) is 6.07 Å². The number of benzene rings is 1. The number of rotatable bonds is 5. The van der Waals surface area contributed by atoms with E-state index in [-0.39, 0.29) is 12.5 Å². The zero-order valence-corrected chi connectivity index (χ0v) is 12.9. The standard InChI is InChI=1S/C16H17NO3S/c1-12-6-3-4-7-13(12)10-17(11-15(18)20-2)16(19)14-8-5-9-21-14/h3-9H,10-11H2,1-2H3. The van der Waals surface area contributed by atoms with Crippen LogP contribution in [0.5, 0.6) is 0 Å². The van der Waals surface area contributed by atoms with Gasteiger partial charge in [0, 0.05) is 6.54 Å². The second-order valence-corrected chi connectivity index (χ2v) is 5.59. The Kier molecular flexibility index (Phi) is 5.11. The van der Waals surface area contributed by atoms with Gasteiger partial charge in [-0.15, -0.1) is 11.3 Å². The van der Waals surface area contributed by atoms with Crippen molar-refractivity contribution in [1.82, 2.24) is 4.90 Å². The first kappa shape index (κ1) is 15.3. The van der Waals surface area contributed by atoms with Crippen molar-refractivity contribution in [3.05, 3.63) is 57.8 Å². The van der Waals surface area contributed by atoms with Gasteiger partial charge in [-0.2, -0.15) is 0 Å². The first-order chi connectivity index (χ1) is 10.1. The minimum atomic E-state index is -0.423. The van der Waals surface area contributed by atoms with Crippen molar-refractivity contribution < 1.29 is 14.3 Å². The molecule has 0 radical (unpaired) electrons. The second kappa shape index (κ2) is 7.04. The Balaban J connectivity index is 2.22. The van der Waals surface area contributed by atoms with Crippen LogP contribution in [-0.4, -0.2) is 30.4 Å². The van der Waals surface area contributed by atoms with Crippen molar-refractivity contribution in [2.24, 2.45) is 0 Å². The molecule has 1 aromatic carbocycles. The molecule has 0 N–H and O–H groups in total. The molecule has 21 heavy (non-hydrogen) atoms. The average Bonchev–Trinajstić information content (AvgIpc) is 3.02. The summed E-state index contributed by atoms with van der Waals surface area (Å²) < 4.78 is 4.69. The molecule has 110 valence electrons. The van der Waals surface area contributed by atoms with Gasteiger partial charge in [0.25, 0.3) is 5.91 Å². The lowest BCUT2D eigenvalue weighted by Gasteiger charge is -2.21. The summed E-state index contributed by atoms with van der Waals surface area (Å²) in [4.78, 5) is 26.2. The van der Waals surface area contributed by atoms with Gasteiger partial charge < -0.3 is 9.64 Å². The molecule has 1 aromatic heterocycles. The van der Waals surface area contributed by atoms with Crippen molar-refractivity contribution in [1.29, 1.82) is 0 Å². The number of hydrogen-bond acceptors (Lipinski definition) is 4. The minimum absolute atomic E-state index is 0.0540. The van der Waals surface area contributed by atoms with Crippen LogP contribution in [0.3, 0.4) is 0 Å². The quantitative estimate of drug-likeness (QED) is 0.798. The van der Waals surface area contributed by atoms with Gasteiger partial charge in [-0.3, -0.25) is 9.59 Å². The summed E-state index contributed by atoms with van der Waals surface area (Å²) in [5, 5.41) is 1.84. The number of amides is 1. The monoisotopic (exact) mass is 303 g/mol. The van der Waals surface area contributed by atoms with Gasteiger partial charge in [0.05, 0.1) is 12.0 Å². The predicted octanol–water partition coefficient (Wildman–Crippen LogP) is 2.87. The molecule has 5 heteroatoms. The predicted molar refractivity (Wildman–Crippen MR) is 82.3 cm³/mol. The Morgan fingerprint density at radius 2 is 1.95 bits per heavy atom. The Hall–Kier alpha value is -2.14. The van der Waals surface area contributed by atoms with Gasteiger partial charge in [-0.25, -0.2) is 0 Å². The van der Waals surface area contributed by atoms with Gasteiger partial charge in [0.1, 0.15) is 6.54 Å². The molecule has 0 aliphatic heterocycles. The smallest absolute Gasteiger partial charge is 0.325 e. The van der Waals surface area contributed by atoms with Crippen LogP contribution in [0.15, 0.2) is 41.8 Å². The first-order valence-corrected chi connectivity index (χ1v) is 7.44. The fraction of sp³-hybridized carbons (Fsp3) is 0.250. The number of methoxy groups -OCH3 is 1. The van der Waals surface area contributed by atoms with Gasteiger partial charge in [0.15, 0.2) is 0 Å². The number of carbonyl (C=O) groups excluding carboxylic acids is 2. The summed E-state index contributed by atoms with van der Waals surface area (Å²) in [5.74, 6) is -0.577. The Morgan fingerprint density at radius 1 is 1.19 bits per heavy atom. The maximum atomic E-state index is 12.5. The van der Waals surface area contributed by atoms with Crippen molar-refractivity contribution in [2.75, 3.05) is 13.7 Å². The fourth-order valence-electron chi connectivity index (χ4n) is 1.97. The molecule has 0 aliphatic carbocycles. The molecule has 2 rings (SSSR count). The number of carbonyl (C=O) groups is 2. The number of hydrogen-bond donors (Lipinski definition) is 0. The van der Waals surface area contributed by atoms with E-state index in [0.29, 0.717) is 11.4 Å². The van der Waals surface area contributed by atoms with Crippen molar-refractivity contribution in [2.45, 2.75) is 13.5 Å². The normalized spacial score (nSPS) is 10.2. The molecule has 0 saturated carbocycles. The molecular weight excluding hydrogens is 286 g/mol. The number of thiophene rings is 1. The van der Waals surface area contributed by atoms with Crippen LogP contribution in [0, 0.1) is 6.92 Å². The molecule has 0 unspecified atom stereocenters. The maximum Gasteiger partial charge on any atom is 0.325 e. The highest BCUT2D eigenvalue weighted by Gasteiger charge is 2.20. The Bertz CT molecular complexity index is 622. The van der Waals surface area contributed by atoms with Crippen LogP contribution in [-0.2, 0) is 16.1 Å². The second-order valence-electron chi connectivity index (χ2n) is 4.64. The third-order valence-electron chi connectivity index (χ3n) is 3.19. The van der Waals surface area contributed by atoms with E-state index < -0.39 is 5.97 Å². The summed E-state index contributed by atoms with van der Waals surface area (Å²) in [6.45, 7) is 2.32. The first-order valence-electron chi connectivity index (χ1n) is 6.56. The van der Waals surface area contributed by atoms with E-state index >= 15 is 0 Å². The number of aryl methyl sites for hydroxylation is 1. The summed E-state index contributed by atoms with van der Waals surface area (Å²) in [7, 11) is 1.32. The van der Waals surface area contributed by atoms with E-state index in [4.69, 9.17) is 0 Å². The van der Waals surface area contributed by atoms with Gasteiger partial charge >= 0.3 is 5.97 Å². The molecule has 0 saturated heterocycles. The third kappa shape index (κ3) is 3.92. The van der Waals surface area contributed by atoms with Crippen LogP contribution in [0.1, 0.15) is 20.8 Å². The average molecular weight is 303 g/mol. The lowest BCUT2D eigenvalue weighted by molar-refractivity contribution is -0.141. The Labute approximate surface area is 128 Å². The van der Waals surface area contributed by atoms with Gasteiger partial charge in [-0.05, 0) is 29.5 Å². The topological polar surface area (TPSA) is 46.6 Å². The number of esters is 1. The lowest BCUT2D eigenvalue weighted by Crippen LogP contribution is -2.35. The lowest BCUT2D eigenvalue weighted by atomic mass is 10.1. The highest BCUT2D eigenvalue weighted by Crippen LogP contribution is 2.16. The molecule has 2 aromatic rings. The third-order valence-corrected chi connectivity index (χ3v) is 4.05. The molecular formula is C16H17NO3S. The van der Waals surface area contributed by atoms with E-state index in [9.17, 15) is 9.59 Å². The summed E-state index contributed by atoms with van der Waals surface area (Å²) in [6, 6.07) is 11.4. The van der Waals surface area contributed by atoms with Crippen LogP contribution >= 0.6 is 11.3 Å². The van der Waals surface area contributed by atoms with Gasteiger partial charge in [0.2, 0.25) is 0 Å². The highest BCUT2D eigenvalue weighted by atomic mass is 32.1. The van der Waals surface area contributed by atoms with Crippen molar-refractivity contribution in [3.63, 3.8) is 0 Å². The highest BCUT2D eigenvalue weighted by molar-refractivity contribution is 7.12. The minimum Gasteiger partial charge on any atom is -0.468 e. The van der Waals surface area contributed by atoms with E-state index in [1.807, 2.05) is 42.6 Å². The molecule has 1 heterocycles. The van der Waals surface area contributed by atoms with Crippen LogP contribution in [0.25, 0.3) is 0 Å². The number of ether oxygens (including phenoxy) is 1. The fourth-order valence-corrected chi connectivity index (χ4v) is 2.66. The van der Waals surface area contributed by atoms with Crippen molar-refractivity contribution >= 4 is 23.2 Å². The molecule has 0 bridgehead atoms. The zero-order valence-electron chi connectivity index (χ0n) is 12.0. The number of nitrogens with zero attached hydrogens (tertiary/aromatic N) is 1. The van der Waals surface area contributed by atoms with Crippen molar-refractivity contribution in [3.8, 4) is 0 Å². The molecule has 4 nitrogen and oxygen atoms in total. The van der Waals surface area contributed by atoms with Crippen LogP contribution < -0.4 is 0 Å². The van der Waals surface area contributed by atoms with Crippen LogP contribution in [0.2, 0.25) is 0 Å². The van der Waals surface area contributed by atoms with Crippen LogP contribution in [0.4, 0.5) is 0 Å².